The number of nitrogens with two attached hydrogens (primary N) is 1. The number of nitrogens with zero attached hydrogens (tertiary/aromatic N) is 1. The summed E-state index contributed by atoms with van der Waals surface area (Å²) in [4.78, 5) is 24.1. The smallest absolute Gasteiger partial charge is 0.269 e. The maximum atomic E-state index is 12.1. The van der Waals surface area contributed by atoms with Crippen LogP contribution in [-0.4, -0.2) is 21.6 Å². The van der Waals surface area contributed by atoms with E-state index in [0.717, 1.165) is 24.1 Å². The van der Waals surface area contributed by atoms with Gasteiger partial charge in [-0.25, -0.2) is 5.10 Å². The highest BCUT2D eigenvalue weighted by molar-refractivity contribution is 5.85. The van der Waals surface area contributed by atoms with E-state index in [-0.39, 0.29) is 30.4 Å². The number of nitrogens with one attached hydrogen (secondary N) is 2. The molecule has 0 spiro atoms. The molecule has 6 nitrogen and oxygen atoms in total. The Bertz CT molecular complexity index is 555. The topological polar surface area (TPSA) is 101 Å². The minimum absolute atomic E-state index is 0. The molecule has 1 unspecified atom stereocenters. The zero-order valence-corrected chi connectivity index (χ0v) is 14.6. The van der Waals surface area contributed by atoms with Crippen LogP contribution >= 0.6 is 12.4 Å². The van der Waals surface area contributed by atoms with Crippen molar-refractivity contribution in [2.75, 3.05) is 0 Å². The van der Waals surface area contributed by atoms with Crippen molar-refractivity contribution >= 4 is 18.3 Å². The molecule has 22 heavy (non-hydrogen) atoms. The van der Waals surface area contributed by atoms with E-state index < -0.39 is 5.54 Å². The lowest BCUT2D eigenvalue weighted by Crippen LogP contribution is -2.51. The number of aromatic nitrogens is 2. The van der Waals surface area contributed by atoms with E-state index in [9.17, 15) is 9.59 Å². The Labute approximate surface area is 137 Å². The van der Waals surface area contributed by atoms with Crippen molar-refractivity contribution in [1.82, 2.24) is 15.5 Å². The standard InChI is InChI=1S/C15H26N4O2.ClH/c1-5-8-15(4,16)14(21)17-9-11-10(6-2)12(7-3)18-19-13(11)20;/h5-9,16H2,1-4H3,(H,17,21)(H,19,20);1H. The Morgan fingerprint density at radius 1 is 1.27 bits per heavy atom. The van der Waals surface area contributed by atoms with Gasteiger partial charge in [0.15, 0.2) is 0 Å². The van der Waals surface area contributed by atoms with Gasteiger partial charge < -0.3 is 11.1 Å². The second-order valence-corrected chi connectivity index (χ2v) is 5.51. The van der Waals surface area contributed by atoms with Crippen LogP contribution in [-0.2, 0) is 24.2 Å². The van der Waals surface area contributed by atoms with Gasteiger partial charge in [-0.05, 0) is 31.7 Å². The summed E-state index contributed by atoms with van der Waals surface area (Å²) in [6.45, 7) is 7.84. The third kappa shape index (κ3) is 4.81. The van der Waals surface area contributed by atoms with Crippen LogP contribution in [0.5, 0.6) is 0 Å². The molecule has 0 aliphatic rings. The SMILES string of the molecule is CCCC(C)(N)C(=O)NCc1c(CC)c(CC)n[nH]c1=O.Cl. The van der Waals surface area contributed by atoms with Gasteiger partial charge in [-0.15, -0.1) is 12.4 Å². The van der Waals surface area contributed by atoms with Gasteiger partial charge in [0, 0.05) is 12.1 Å². The van der Waals surface area contributed by atoms with Gasteiger partial charge in [0.2, 0.25) is 5.91 Å². The molecule has 1 aromatic heterocycles. The third-order valence-electron chi connectivity index (χ3n) is 3.68. The van der Waals surface area contributed by atoms with Gasteiger partial charge in [0.1, 0.15) is 0 Å². The Hall–Kier alpha value is -1.40. The lowest BCUT2D eigenvalue weighted by atomic mass is 9.96. The number of carbonyl (C=O) groups excluding carboxylic acids is 1. The lowest BCUT2D eigenvalue weighted by molar-refractivity contribution is -0.126. The van der Waals surface area contributed by atoms with Gasteiger partial charge in [0.05, 0.1) is 11.2 Å². The minimum Gasteiger partial charge on any atom is -0.350 e. The summed E-state index contributed by atoms with van der Waals surface area (Å²) in [6.07, 6.45) is 2.88. The average Bonchev–Trinajstić information content (AvgIpc) is 2.45. The highest BCUT2D eigenvalue weighted by Crippen LogP contribution is 2.12. The first-order chi connectivity index (χ1) is 9.87. The highest BCUT2D eigenvalue weighted by atomic mass is 35.5. The number of halogens is 1. The van der Waals surface area contributed by atoms with Crippen LogP contribution in [0, 0.1) is 0 Å². The summed E-state index contributed by atoms with van der Waals surface area (Å²) >= 11 is 0. The van der Waals surface area contributed by atoms with Crippen LogP contribution in [0.1, 0.15) is 57.4 Å². The molecule has 0 fully saturated rings. The highest BCUT2D eigenvalue weighted by Gasteiger charge is 2.27. The molecule has 0 saturated carbocycles. The summed E-state index contributed by atoms with van der Waals surface area (Å²) in [5.74, 6) is -0.235. The third-order valence-corrected chi connectivity index (χ3v) is 3.68. The van der Waals surface area contributed by atoms with Crippen molar-refractivity contribution in [2.24, 2.45) is 5.73 Å². The largest absolute Gasteiger partial charge is 0.350 e. The first-order valence-corrected chi connectivity index (χ1v) is 7.53. The number of aryl methyl sites for hydroxylation is 1. The summed E-state index contributed by atoms with van der Waals surface area (Å²) in [6, 6.07) is 0. The molecule has 1 heterocycles. The Balaban J connectivity index is 0.00000441. The molecule has 0 aromatic carbocycles. The zero-order valence-electron chi connectivity index (χ0n) is 13.8. The molecule has 126 valence electrons. The molecular formula is C15H27ClN4O2. The van der Waals surface area contributed by atoms with Crippen LogP contribution in [0.3, 0.4) is 0 Å². The van der Waals surface area contributed by atoms with Gasteiger partial charge in [0.25, 0.3) is 5.56 Å². The lowest BCUT2D eigenvalue weighted by Gasteiger charge is -2.23. The summed E-state index contributed by atoms with van der Waals surface area (Å²) in [5.41, 5.74) is 7.18. The molecule has 0 saturated heterocycles. The number of hydrogen-bond acceptors (Lipinski definition) is 4. The number of hydrogen-bond donors (Lipinski definition) is 3. The molecule has 7 heteroatoms. The normalized spacial score (nSPS) is 13.1. The number of aromatic amines is 1. The van der Waals surface area contributed by atoms with Gasteiger partial charge in [-0.1, -0.05) is 27.2 Å². The maximum Gasteiger partial charge on any atom is 0.269 e. The van der Waals surface area contributed by atoms with Gasteiger partial charge in [-0.2, -0.15) is 5.10 Å². The number of H-pyrrole nitrogens is 1. The quantitative estimate of drug-likeness (QED) is 0.704. The monoisotopic (exact) mass is 330 g/mol. The maximum absolute atomic E-state index is 12.1. The fourth-order valence-electron chi connectivity index (χ4n) is 2.46. The fourth-order valence-corrected chi connectivity index (χ4v) is 2.46. The summed E-state index contributed by atoms with van der Waals surface area (Å²) in [7, 11) is 0. The second kappa shape index (κ2) is 8.90. The molecule has 0 aliphatic heterocycles. The Morgan fingerprint density at radius 3 is 2.41 bits per heavy atom. The van der Waals surface area contributed by atoms with E-state index in [1.54, 1.807) is 6.92 Å². The molecule has 1 rings (SSSR count). The summed E-state index contributed by atoms with van der Waals surface area (Å²) in [5, 5.41) is 9.33. The van der Waals surface area contributed by atoms with E-state index in [2.05, 4.69) is 15.5 Å². The number of amides is 1. The molecule has 1 atom stereocenters. The molecule has 4 N–H and O–H groups in total. The van der Waals surface area contributed by atoms with Crippen molar-refractivity contribution in [3.05, 3.63) is 27.2 Å². The van der Waals surface area contributed by atoms with E-state index in [1.807, 2.05) is 20.8 Å². The van der Waals surface area contributed by atoms with E-state index in [0.29, 0.717) is 18.4 Å². The Kier molecular flexibility index (Phi) is 8.34. The minimum atomic E-state index is -0.908. The predicted octanol–water partition coefficient (Wildman–Crippen LogP) is 1.45. The van der Waals surface area contributed by atoms with Crippen molar-refractivity contribution in [1.29, 1.82) is 0 Å². The summed E-state index contributed by atoms with van der Waals surface area (Å²) < 4.78 is 0. The van der Waals surface area contributed by atoms with Crippen molar-refractivity contribution in [3.8, 4) is 0 Å². The van der Waals surface area contributed by atoms with Crippen molar-refractivity contribution < 1.29 is 4.79 Å². The average molecular weight is 331 g/mol. The van der Waals surface area contributed by atoms with Crippen LogP contribution in [0.4, 0.5) is 0 Å². The molecule has 0 radical (unpaired) electrons. The number of rotatable bonds is 7. The second-order valence-electron chi connectivity index (χ2n) is 5.51. The van der Waals surface area contributed by atoms with Gasteiger partial charge >= 0.3 is 0 Å². The van der Waals surface area contributed by atoms with Crippen LogP contribution in [0.25, 0.3) is 0 Å². The van der Waals surface area contributed by atoms with E-state index in [4.69, 9.17) is 5.73 Å². The predicted molar refractivity (Wildman–Crippen MR) is 90.2 cm³/mol. The zero-order chi connectivity index (χ0) is 16.0. The van der Waals surface area contributed by atoms with Crippen molar-refractivity contribution in [2.45, 2.75) is 65.5 Å². The van der Waals surface area contributed by atoms with Gasteiger partial charge in [-0.3, -0.25) is 9.59 Å². The molecular weight excluding hydrogens is 304 g/mol. The van der Waals surface area contributed by atoms with E-state index >= 15 is 0 Å². The van der Waals surface area contributed by atoms with Crippen LogP contribution in [0.15, 0.2) is 4.79 Å². The molecule has 1 amide bonds. The molecule has 0 aliphatic carbocycles. The Morgan fingerprint density at radius 2 is 1.91 bits per heavy atom. The van der Waals surface area contributed by atoms with E-state index in [1.165, 1.54) is 0 Å². The molecule has 1 aromatic rings. The van der Waals surface area contributed by atoms with Crippen LogP contribution < -0.4 is 16.6 Å². The first-order valence-electron chi connectivity index (χ1n) is 7.53. The number of carbonyl (C=O) groups is 1. The van der Waals surface area contributed by atoms with Crippen molar-refractivity contribution in [3.63, 3.8) is 0 Å². The fraction of sp³-hybridized carbons (Fsp3) is 0.667. The van der Waals surface area contributed by atoms with Crippen LogP contribution in [0.2, 0.25) is 0 Å². The molecule has 0 bridgehead atoms. The first kappa shape index (κ1) is 20.6.